The molecule has 1 aliphatic rings. The van der Waals surface area contributed by atoms with Crippen molar-refractivity contribution in [3.63, 3.8) is 0 Å². The predicted octanol–water partition coefficient (Wildman–Crippen LogP) is 2.15. The molecule has 1 aromatic rings. The van der Waals surface area contributed by atoms with E-state index in [2.05, 4.69) is 15.0 Å². The summed E-state index contributed by atoms with van der Waals surface area (Å²) in [5.74, 6) is 0. The van der Waals surface area contributed by atoms with Crippen molar-refractivity contribution in [1.29, 1.82) is 0 Å². The van der Waals surface area contributed by atoms with Crippen molar-refractivity contribution in [2.24, 2.45) is 15.0 Å². The lowest BCUT2D eigenvalue weighted by molar-refractivity contribution is 0.509. The highest BCUT2D eigenvalue weighted by molar-refractivity contribution is 5.50. The van der Waals surface area contributed by atoms with Gasteiger partial charge < -0.3 is 0 Å². The summed E-state index contributed by atoms with van der Waals surface area (Å²) in [5.41, 5.74) is 0.654. The van der Waals surface area contributed by atoms with E-state index in [4.69, 9.17) is 0 Å². The van der Waals surface area contributed by atoms with Gasteiger partial charge in [-0.25, -0.2) is 14.4 Å². The highest BCUT2D eigenvalue weighted by Gasteiger charge is 2.31. The van der Waals surface area contributed by atoms with Crippen molar-refractivity contribution >= 4 is 18.2 Å². The second kappa shape index (κ2) is 7.02. The van der Waals surface area contributed by atoms with Crippen LogP contribution in [0.1, 0.15) is 12.0 Å². The largest absolute Gasteiger partial charge is 0.240 e. The first kappa shape index (κ1) is 15.2. The van der Waals surface area contributed by atoms with E-state index in [9.17, 15) is 14.4 Å². The summed E-state index contributed by atoms with van der Waals surface area (Å²) in [7, 11) is 0. The molecule has 0 heterocycles. The maximum atomic E-state index is 10.6. The Bertz CT molecular complexity index is 743. The van der Waals surface area contributed by atoms with Crippen LogP contribution in [0.2, 0.25) is 0 Å². The Labute approximate surface area is 126 Å². The first-order valence-electron chi connectivity index (χ1n) is 6.45. The minimum absolute atomic E-state index is 0.192. The maximum absolute atomic E-state index is 10.6. The van der Waals surface area contributed by atoms with Crippen LogP contribution in [0.4, 0.5) is 0 Å². The SMILES string of the molecule is O=C=NC1=CC(N=C=O)(N=C=O)CC=C1Cc1ccccc1. The lowest BCUT2D eigenvalue weighted by Crippen LogP contribution is -2.23. The normalized spacial score (nSPS) is 19.6. The molecule has 0 aromatic heterocycles. The van der Waals surface area contributed by atoms with E-state index in [1.54, 1.807) is 6.08 Å². The van der Waals surface area contributed by atoms with Gasteiger partial charge in [-0.05, 0) is 23.6 Å². The highest BCUT2D eigenvalue weighted by atomic mass is 16.1. The molecule has 0 fully saturated rings. The molecule has 0 spiro atoms. The highest BCUT2D eigenvalue weighted by Crippen LogP contribution is 2.32. The number of nitrogens with zero attached hydrogens (tertiary/aromatic N) is 3. The van der Waals surface area contributed by atoms with Crippen LogP contribution in [-0.4, -0.2) is 23.9 Å². The molecule has 0 saturated carbocycles. The third-order valence-corrected chi connectivity index (χ3v) is 3.23. The van der Waals surface area contributed by atoms with Gasteiger partial charge >= 0.3 is 0 Å². The Morgan fingerprint density at radius 1 is 1.00 bits per heavy atom. The van der Waals surface area contributed by atoms with Gasteiger partial charge in [-0.3, -0.25) is 0 Å². The number of rotatable bonds is 5. The molecule has 1 aliphatic carbocycles. The second-order valence-corrected chi connectivity index (χ2v) is 4.61. The standard InChI is InChI=1S/C16H11N3O3/c20-10-17-15-9-16(18-11-21,19-12-22)7-6-14(15)8-13-4-2-1-3-5-13/h1-6,9H,7-8H2. The summed E-state index contributed by atoms with van der Waals surface area (Å²) in [5, 5.41) is 0. The van der Waals surface area contributed by atoms with Crippen LogP contribution in [0.15, 0.2) is 68.7 Å². The van der Waals surface area contributed by atoms with Crippen LogP contribution >= 0.6 is 0 Å². The Kier molecular flexibility index (Phi) is 4.86. The van der Waals surface area contributed by atoms with Crippen LogP contribution in [0.3, 0.4) is 0 Å². The minimum atomic E-state index is -1.43. The smallest absolute Gasteiger partial charge is 0.211 e. The third-order valence-electron chi connectivity index (χ3n) is 3.23. The number of hydrogen-bond donors (Lipinski definition) is 0. The number of allylic oxidation sites excluding steroid dienone is 1. The topological polar surface area (TPSA) is 88.3 Å². The van der Waals surface area contributed by atoms with Crippen molar-refractivity contribution in [3.8, 4) is 0 Å². The minimum Gasteiger partial charge on any atom is -0.211 e. The molecule has 0 radical (unpaired) electrons. The zero-order chi connectivity index (χ0) is 15.8. The van der Waals surface area contributed by atoms with Crippen LogP contribution in [0.5, 0.6) is 0 Å². The van der Waals surface area contributed by atoms with Gasteiger partial charge in [-0.2, -0.15) is 15.0 Å². The fourth-order valence-electron chi connectivity index (χ4n) is 2.22. The average molecular weight is 293 g/mol. The fourth-order valence-corrected chi connectivity index (χ4v) is 2.22. The van der Waals surface area contributed by atoms with Crippen LogP contribution in [0, 0.1) is 0 Å². The summed E-state index contributed by atoms with van der Waals surface area (Å²) in [6.45, 7) is 0. The second-order valence-electron chi connectivity index (χ2n) is 4.61. The van der Waals surface area contributed by atoms with Crippen molar-refractivity contribution < 1.29 is 14.4 Å². The van der Waals surface area contributed by atoms with Gasteiger partial charge in [0.05, 0.1) is 5.70 Å². The molecule has 0 atom stereocenters. The van der Waals surface area contributed by atoms with E-state index >= 15 is 0 Å². The van der Waals surface area contributed by atoms with Crippen LogP contribution in [-0.2, 0) is 20.8 Å². The van der Waals surface area contributed by atoms with Gasteiger partial charge in [0.1, 0.15) is 0 Å². The van der Waals surface area contributed by atoms with E-state index in [0.717, 1.165) is 11.1 Å². The van der Waals surface area contributed by atoms with E-state index in [1.807, 2.05) is 30.3 Å². The molecule has 1 aromatic carbocycles. The quantitative estimate of drug-likeness (QED) is 0.615. The van der Waals surface area contributed by atoms with E-state index in [0.29, 0.717) is 6.42 Å². The molecule has 108 valence electrons. The van der Waals surface area contributed by atoms with Crippen molar-refractivity contribution in [1.82, 2.24) is 0 Å². The molecule has 0 bridgehead atoms. The molecule has 0 saturated heterocycles. The van der Waals surface area contributed by atoms with Gasteiger partial charge in [-0.1, -0.05) is 36.4 Å². The van der Waals surface area contributed by atoms with Crippen molar-refractivity contribution in [2.45, 2.75) is 18.5 Å². The molecule has 0 amide bonds. The number of aliphatic imine (C=N–C) groups is 3. The van der Waals surface area contributed by atoms with E-state index in [-0.39, 0.29) is 12.1 Å². The van der Waals surface area contributed by atoms with Gasteiger partial charge in [0.15, 0.2) is 5.66 Å². The Morgan fingerprint density at radius 2 is 1.68 bits per heavy atom. The number of carbonyl (C=O) groups excluding carboxylic acids is 3. The Hall–Kier alpha value is -3.16. The summed E-state index contributed by atoms with van der Waals surface area (Å²) < 4.78 is 0. The zero-order valence-electron chi connectivity index (χ0n) is 11.5. The fraction of sp³-hybridized carbons (Fsp3) is 0.188. The van der Waals surface area contributed by atoms with Crippen LogP contribution < -0.4 is 0 Å². The summed E-state index contributed by atoms with van der Waals surface area (Å²) in [6.07, 6.45) is 8.08. The molecule has 6 heteroatoms. The number of benzene rings is 1. The summed E-state index contributed by atoms with van der Waals surface area (Å²) in [6, 6.07) is 9.60. The maximum Gasteiger partial charge on any atom is 0.240 e. The molecule has 0 aliphatic heterocycles. The molecular formula is C16H11N3O3. The monoisotopic (exact) mass is 293 g/mol. The molecule has 0 unspecified atom stereocenters. The zero-order valence-corrected chi connectivity index (χ0v) is 11.5. The third kappa shape index (κ3) is 3.48. The summed E-state index contributed by atoms with van der Waals surface area (Å²) in [4.78, 5) is 42.4. The van der Waals surface area contributed by atoms with Gasteiger partial charge in [0.2, 0.25) is 18.2 Å². The van der Waals surface area contributed by atoms with Gasteiger partial charge in [-0.15, -0.1) is 0 Å². The van der Waals surface area contributed by atoms with Gasteiger partial charge in [0.25, 0.3) is 0 Å². The van der Waals surface area contributed by atoms with E-state index < -0.39 is 5.66 Å². The predicted molar refractivity (Wildman–Crippen MR) is 78.0 cm³/mol. The first-order chi connectivity index (χ1) is 10.7. The molecule has 2 rings (SSSR count). The Morgan fingerprint density at radius 3 is 2.27 bits per heavy atom. The number of isocyanates is 3. The van der Waals surface area contributed by atoms with E-state index in [1.165, 1.54) is 24.3 Å². The molecule has 22 heavy (non-hydrogen) atoms. The Balaban J connectivity index is 2.40. The lowest BCUT2D eigenvalue weighted by Gasteiger charge is -2.23. The molecule has 0 N–H and O–H groups in total. The van der Waals surface area contributed by atoms with Crippen molar-refractivity contribution in [2.75, 3.05) is 0 Å². The van der Waals surface area contributed by atoms with Gasteiger partial charge in [0, 0.05) is 6.42 Å². The number of hydrogen-bond acceptors (Lipinski definition) is 6. The van der Waals surface area contributed by atoms with Crippen LogP contribution in [0.25, 0.3) is 0 Å². The lowest BCUT2D eigenvalue weighted by atomic mass is 9.91. The summed E-state index contributed by atoms with van der Waals surface area (Å²) >= 11 is 0. The molecular weight excluding hydrogens is 282 g/mol. The first-order valence-corrected chi connectivity index (χ1v) is 6.45. The average Bonchev–Trinajstić information content (AvgIpc) is 2.52. The van der Waals surface area contributed by atoms with Crippen molar-refractivity contribution in [3.05, 3.63) is 59.3 Å². The molecule has 6 nitrogen and oxygen atoms in total.